The van der Waals surface area contributed by atoms with Crippen molar-refractivity contribution in [3.63, 3.8) is 0 Å². The number of benzene rings is 1. The molecule has 32 heavy (non-hydrogen) atoms. The molecule has 3 amide bonds. The van der Waals surface area contributed by atoms with Gasteiger partial charge >= 0.3 is 6.03 Å². The van der Waals surface area contributed by atoms with Gasteiger partial charge in [-0.15, -0.1) is 0 Å². The lowest BCUT2D eigenvalue weighted by molar-refractivity contribution is -0.121. The van der Waals surface area contributed by atoms with Crippen LogP contribution in [0.2, 0.25) is 0 Å². The molecule has 1 N–H and O–H groups in total. The maximum Gasteiger partial charge on any atom is 0.321 e. The average molecular weight is 438 g/mol. The number of hydrogen-bond donors (Lipinski definition) is 1. The molecule has 3 aliphatic rings. The summed E-state index contributed by atoms with van der Waals surface area (Å²) < 4.78 is 0. The molecular weight excluding hydrogens is 402 g/mol. The Hall–Kier alpha value is -2.59. The average Bonchev–Trinajstić information content (AvgIpc) is 3.02. The summed E-state index contributed by atoms with van der Waals surface area (Å²) in [6.07, 6.45) is 6.33. The van der Waals surface area contributed by atoms with E-state index in [-0.39, 0.29) is 29.6 Å². The van der Waals surface area contributed by atoms with Crippen LogP contribution in [0.3, 0.4) is 0 Å². The first-order chi connectivity index (χ1) is 15.3. The molecule has 0 bridgehead atoms. The Morgan fingerprint density at radius 2 is 1.78 bits per heavy atom. The summed E-state index contributed by atoms with van der Waals surface area (Å²) in [4.78, 5) is 31.6. The van der Waals surface area contributed by atoms with E-state index in [2.05, 4.69) is 54.6 Å². The maximum atomic E-state index is 13.5. The highest BCUT2D eigenvalue weighted by atomic mass is 16.2. The van der Waals surface area contributed by atoms with E-state index in [0.717, 1.165) is 44.9 Å². The number of hydrogen-bond acceptors (Lipinski definition) is 4. The predicted molar refractivity (Wildman–Crippen MR) is 123 cm³/mol. The molecule has 7 nitrogen and oxygen atoms in total. The number of amides is 3. The van der Waals surface area contributed by atoms with Gasteiger partial charge in [0.2, 0.25) is 5.91 Å². The number of rotatable bonds is 6. The van der Waals surface area contributed by atoms with Crippen molar-refractivity contribution in [2.24, 2.45) is 5.41 Å². The van der Waals surface area contributed by atoms with Crippen molar-refractivity contribution in [2.75, 3.05) is 40.8 Å². The third kappa shape index (κ3) is 3.65. The summed E-state index contributed by atoms with van der Waals surface area (Å²) in [5, 5.41) is 12.5. The Kier molecular flexibility index (Phi) is 5.93. The fraction of sp³-hybridized carbons (Fsp3) is 0.640. The zero-order valence-electron chi connectivity index (χ0n) is 19.6. The summed E-state index contributed by atoms with van der Waals surface area (Å²) in [6.45, 7) is 1.11. The number of likely N-dealkylation sites (N-methyl/N-ethyl adjacent to an activating group) is 1. The highest BCUT2D eigenvalue weighted by Gasteiger charge is 2.56. The molecule has 0 atom stereocenters. The molecule has 2 saturated carbocycles. The number of nitriles is 1. The molecule has 172 valence electrons. The first-order valence-electron chi connectivity index (χ1n) is 11.7. The molecular formula is C25H35N5O2. The Labute approximate surface area is 191 Å². The second kappa shape index (κ2) is 8.40. The van der Waals surface area contributed by atoms with Crippen molar-refractivity contribution >= 4 is 11.9 Å². The third-order valence-electron chi connectivity index (χ3n) is 8.36. The third-order valence-corrected chi connectivity index (χ3v) is 8.36. The van der Waals surface area contributed by atoms with E-state index in [9.17, 15) is 14.9 Å². The van der Waals surface area contributed by atoms with Crippen LogP contribution < -0.4 is 5.32 Å². The molecule has 1 spiro atoms. The van der Waals surface area contributed by atoms with E-state index in [1.54, 1.807) is 11.9 Å². The highest BCUT2D eigenvalue weighted by molar-refractivity contribution is 5.85. The van der Waals surface area contributed by atoms with E-state index in [1.807, 2.05) is 11.0 Å². The molecule has 1 saturated heterocycles. The number of nitrogens with zero attached hydrogens (tertiary/aromatic N) is 4. The van der Waals surface area contributed by atoms with Crippen LogP contribution >= 0.6 is 0 Å². The van der Waals surface area contributed by atoms with Gasteiger partial charge in [-0.3, -0.25) is 9.69 Å². The maximum absolute atomic E-state index is 13.5. The molecule has 1 aromatic carbocycles. The fourth-order valence-corrected chi connectivity index (χ4v) is 6.00. The molecule has 1 aromatic rings. The topological polar surface area (TPSA) is 79.7 Å². The van der Waals surface area contributed by atoms with Crippen LogP contribution in [0.4, 0.5) is 4.79 Å². The van der Waals surface area contributed by atoms with Gasteiger partial charge in [0.1, 0.15) is 6.54 Å². The van der Waals surface area contributed by atoms with E-state index in [1.165, 1.54) is 5.56 Å². The molecule has 1 aliphatic heterocycles. The fourth-order valence-electron chi connectivity index (χ4n) is 6.00. The standard InChI is InChI=1S/C25H35N5O2/c1-27-21(31)16-29-19-24(30(22(29)32)18-23(17-26)10-7-11-23)12-14-25(15-13-24,28(2)3)20-8-5-4-6-9-20/h4-6,8-9H,7,10-16,18-19H2,1-3H3,(H,27,31)/t24-,25+. The molecule has 3 fully saturated rings. The van der Waals surface area contributed by atoms with Crippen molar-refractivity contribution in [1.29, 1.82) is 5.26 Å². The lowest BCUT2D eigenvalue weighted by Crippen LogP contribution is -2.57. The molecule has 1 heterocycles. The van der Waals surface area contributed by atoms with E-state index in [4.69, 9.17) is 0 Å². The van der Waals surface area contributed by atoms with Crippen LogP contribution in [0.15, 0.2) is 30.3 Å². The van der Waals surface area contributed by atoms with Gasteiger partial charge in [-0.1, -0.05) is 36.8 Å². The quantitative estimate of drug-likeness (QED) is 0.742. The number of carbonyl (C=O) groups excluding carboxylic acids is 2. The van der Waals surface area contributed by atoms with Gasteiger partial charge in [0.15, 0.2) is 0 Å². The molecule has 7 heteroatoms. The number of carbonyl (C=O) groups is 2. The molecule has 4 rings (SSSR count). The SMILES string of the molecule is CNC(=O)CN1C[C@]2(CC[C@](c3ccccc3)(N(C)C)CC2)N(CC2(C#N)CCC2)C1=O. The van der Waals surface area contributed by atoms with Gasteiger partial charge in [0.25, 0.3) is 0 Å². The smallest absolute Gasteiger partial charge is 0.321 e. The van der Waals surface area contributed by atoms with E-state index >= 15 is 0 Å². The Bertz CT molecular complexity index is 895. The minimum Gasteiger partial charge on any atom is -0.358 e. The molecule has 0 radical (unpaired) electrons. The minimum absolute atomic E-state index is 0.0706. The summed E-state index contributed by atoms with van der Waals surface area (Å²) in [7, 11) is 5.88. The molecule has 0 unspecified atom stereocenters. The Morgan fingerprint density at radius 1 is 1.12 bits per heavy atom. The van der Waals surface area contributed by atoms with Crippen molar-refractivity contribution < 1.29 is 9.59 Å². The van der Waals surface area contributed by atoms with Gasteiger partial charge in [-0.05, 0) is 58.2 Å². The number of urea groups is 1. The van der Waals surface area contributed by atoms with Gasteiger partial charge in [0.05, 0.1) is 17.0 Å². The van der Waals surface area contributed by atoms with E-state index < -0.39 is 5.41 Å². The highest BCUT2D eigenvalue weighted by Crippen LogP contribution is 2.51. The zero-order chi connectivity index (χ0) is 23.0. The predicted octanol–water partition coefficient (Wildman–Crippen LogP) is 2.93. The van der Waals surface area contributed by atoms with Gasteiger partial charge in [0, 0.05) is 25.7 Å². The summed E-state index contributed by atoms with van der Waals surface area (Å²) >= 11 is 0. The van der Waals surface area contributed by atoms with Crippen LogP contribution in [0, 0.1) is 16.7 Å². The second-order valence-electron chi connectivity index (χ2n) is 10.2. The van der Waals surface area contributed by atoms with Crippen LogP contribution in [-0.2, 0) is 10.3 Å². The van der Waals surface area contributed by atoms with Gasteiger partial charge in [-0.25, -0.2) is 4.79 Å². The molecule has 2 aliphatic carbocycles. The van der Waals surface area contributed by atoms with Crippen molar-refractivity contribution in [3.8, 4) is 6.07 Å². The molecule has 0 aromatic heterocycles. The zero-order valence-corrected chi connectivity index (χ0v) is 19.6. The monoisotopic (exact) mass is 437 g/mol. The summed E-state index contributed by atoms with van der Waals surface area (Å²) in [6, 6.07) is 13.1. The lowest BCUT2D eigenvalue weighted by Gasteiger charge is -2.52. The summed E-state index contributed by atoms with van der Waals surface area (Å²) in [5.74, 6) is -0.156. The van der Waals surface area contributed by atoms with Crippen molar-refractivity contribution in [1.82, 2.24) is 20.0 Å². The second-order valence-corrected chi connectivity index (χ2v) is 10.2. The van der Waals surface area contributed by atoms with Gasteiger partial charge in [-0.2, -0.15) is 5.26 Å². The summed E-state index contributed by atoms with van der Waals surface area (Å²) in [5.41, 5.74) is 0.490. The van der Waals surface area contributed by atoms with Crippen LogP contribution in [0.5, 0.6) is 0 Å². The van der Waals surface area contributed by atoms with Crippen LogP contribution in [0.1, 0.15) is 50.5 Å². The van der Waals surface area contributed by atoms with E-state index in [0.29, 0.717) is 13.1 Å². The minimum atomic E-state index is -0.429. The first-order valence-corrected chi connectivity index (χ1v) is 11.7. The van der Waals surface area contributed by atoms with Crippen molar-refractivity contribution in [2.45, 2.75) is 56.0 Å². The normalized spacial score (nSPS) is 29.2. The van der Waals surface area contributed by atoms with Gasteiger partial charge < -0.3 is 15.1 Å². The first kappa shape index (κ1) is 22.6. The Morgan fingerprint density at radius 3 is 2.28 bits per heavy atom. The van der Waals surface area contributed by atoms with Crippen LogP contribution in [-0.4, -0.2) is 73.0 Å². The largest absolute Gasteiger partial charge is 0.358 e. The van der Waals surface area contributed by atoms with Crippen LogP contribution in [0.25, 0.3) is 0 Å². The number of nitrogens with one attached hydrogen (secondary N) is 1. The van der Waals surface area contributed by atoms with Crippen molar-refractivity contribution in [3.05, 3.63) is 35.9 Å². The lowest BCUT2D eigenvalue weighted by atomic mass is 9.66. The Balaban J connectivity index is 1.62.